The molecule has 5 rings (SSSR count). The number of pyridine rings is 1. The number of nitrogens with zero attached hydrogens (tertiary/aromatic N) is 4. The van der Waals surface area contributed by atoms with Gasteiger partial charge in [0.25, 0.3) is 0 Å². The summed E-state index contributed by atoms with van der Waals surface area (Å²) in [5.74, 6) is 1.77. The van der Waals surface area contributed by atoms with Gasteiger partial charge in [-0.15, -0.1) is 10.2 Å². The summed E-state index contributed by atoms with van der Waals surface area (Å²) in [7, 11) is 1.57. The van der Waals surface area contributed by atoms with E-state index < -0.39 is 0 Å². The highest BCUT2D eigenvalue weighted by atomic mass is 32.1. The quantitative estimate of drug-likeness (QED) is 0.332. The van der Waals surface area contributed by atoms with Crippen LogP contribution in [-0.4, -0.2) is 32.6 Å². The first-order valence-corrected chi connectivity index (χ1v) is 11.5. The lowest BCUT2D eigenvalue weighted by atomic mass is 10.2. The van der Waals surface area contributed by atoms with E-state index in [0.29, 0.717) is 35.4 Å². The molecule has 5 aromatic rings. The molecule has 0 saturated carbocycles. The molecule has 0 atom stereocenters. The maximum Gasteiger partial charge on any atom is 0.248 e. The van der Waals surface area contributed by atoms with Crippen molar-refractivity contribution in [2.75, 3.05) is 12.4 Å². The van der Waals surface area contributed by atoms with Crippen LogP contribution >= 0.6 is 11.3 Å². The van der Waals surface area contributed by atoms with E-state index in [1.54, 1.807) is 36.6 Å². The number of anilines is 1. The third-order valence-corrected chi connectivity index (χ3v) is 5.72. The van der Waals surface area contributed by atoms with Gasteiger partial charge in [-0.2, -0.15) is 11.3 Å². The first-order valence-electron chi connectivity index (χ1n) is 10.6. The van der Waals surface area contributed by atoms with Crippen molar-refractivity contribution in [1.82, 2.24) is 19.6 Å². The zero-order valence-corrected chi connectivity index (χ0v) is 19.1. The number of amides is 1. The number of fused-ring (bicyclic) bond motifs is 1. The first kappa shape index (κ1) is 21.7. The van der Waals surface area contributed by atoms with E-state index in [0.717, 1.165) is 16.9 Å². The van der Waals surface area contributed by atoms with Crippen molar-refractivity contribution in [3.63, 3.8) is 0 Å². The van der Waals surface area contributed by atoms with Crippen LogP contribution in [-0.2, 0) is 17.8 Å². The van der Waals surface area contributed by atoms with Gasteiger partial charge in [0.15, 0.2) is 11.5 Å². The van der Waals surface area contributed by atoms with Gasteiger partial charge in [0.2, 0.25) is 17.7 Å². The number of hydrogen-bond donors (Lipinski definition) is 1. The summed E-state index contributed by atoms with van der Waals surface area (Å²) >= 11 is 1.55. The maximum absolute atomic E-state index is 12.5. The average molecular weight is 476 g/mol. The van der Waals surface area contributed by atoms with Crippen molar-refractivity contribution in [3.8, 4) is 23.0 Å². The summed E-state index contributed by atoms with van der Waals surface area (Å²) < 4.78 is 18.9. The fourth-order valence-corrected chi connectivity index (χ4v) is 4.01. The third kappa shape index (κ3) is 4.91. The van der Waals surface area contributed by atoms with Crippen LogP contribution in [0.15, 0.2) is 70.0 Å². The Labute approximate surface area is 199 Å². The summed E-state index contributed by atoms with van der Waals surface area (Å²) in [5, 5.41) is 14.8. The monoisotopic (exact) mass is 475 g/mol. The Morgan fingerprint density at radius 3 is 2.94 bits per heavy atom. The van der Waals surface area contributed by atoms with Crippen LogP contribution < -0.4 is 14.8 Å². The molecule has 172 valence electrons. The van der Waals surface area contributed by atoms with Gasteiger partial charge in [-0.3, -0.25) is 4.79 Å². The van der Waals surface area contributed by atoms with Crippen molar-refractivity contribution >= 4 is 28.6 Å². The Kier molecular flexibility index (Phi) is 6.21. The summed E-state index contributed by atoms with van der Waals surface area (Å²) in [4.78, 5) is 17.0. The van der Waals surface area contributed by atoms with Crippen LogP contribution in [0.2, 0.25) is 0 Å². The fourth-order valence-electron chi connectivity index (χ4n) is 3.38. The van der Waals surface area contributed by atoms with Gasteiger partial charge in [0.1, 0.15) is 12.3 Å². The van der Waals surface area contributed by atoms with E-state index in [1.807, 2.05) is 51.8 Å². The summed E-state index contributed by atoms with van der Waals surface area (Å²) in [6.45, 7) is 0.263. The molecule has 0 aliphatic heterocycles. The van der Waals surface area contributed by atoms with E-state index in [2.05, 4.69) is 20.5 Å². The second-order valence-electron chi connectivity index (χ2n) is 7.41. The Morgan fingerprint density at radius 2 is 2.12 bits per heavy atom. The van der Waals surface area contributed by atoms with Gasteiger partial charge in [0, 0.05) is 47.9 Å². The Morgan fingerprint density at radius 1 is 1.18 bits per heavy atom. The Bertz CT molecular complexity index is 1380. The minimum Gasteiger partial charge on any atom is -0.493 e. The number of imidazole rings is 1. The molecule has 0 aliphatic rings. The molecule has 9 nitrogen and oxygen atoms in total. The number of thiophene rings is 1. The molecule has 0 saturated heterocycles. The number of carbonyl (C=O) groups is 1. The highest BCUT2D eigenvalue weighted by Crippen LogP contribution is 2.31. The van der Waals surface area contributed by atoms with Crippen LogP contribution in [0.5, 0.6) is 11.5 Å². The number of nitrogens with one attached hydrogen (secondary N) is 1. The second kappa shape index (κ2) is 9.75. The zero-order chi connectivity index (χ0) is 23.3. The van der Waals surface area contributed by atoms with Gasteiger partial charge in [0.05, 0.1) is 12.8 Å². The van der Waals surface area contributed by atoms with E-state index in [1.165, 1.54) is 0 Å². The number of carbonyl (C=O) groups excluding carboxylic acids is 1. The molecule has 0 fully saturated rings. The van der Waals surface area contributed by atoms with Crippen LogP contribution in [0.4, 0.5) is 5.69 Å². The molecule has 1 amide bonds. The van der Waals surface area contributed by atoms with Gasteiger partial charge in [-0.1, -0.05) is 6.07 Å². The number of benzene rings is 1. The molecule has 0 radical (unpaired) electrons. The van der Waals surface area contributed by atoms with Gasteiger partial charge < -0.3 is 23.6 Å². The standard InChI is InChI=1S/C24H21N5O4S/c1-31-19-6-5-17(12-20(19)32-14-18-13-29-10-3-2-4-21(29)25-18)26-22(30)7-8-23-27-28-24(33-23)16-9-11-34-15-16/h2-6,9-13,15H,7-8,14H2,1H3,(H,26,30). The number of aryl methyl sites for hydroxylation is 1. The molecule has 4 aromatic heterocycles. The predicted molar refractivity (Wildman–Crippen MR) is 127 cm³/mol. The molecule has 1 aromatic carbocycles. The average Bonchev–Trinajstić information content (AvgIpc) is 3.61. The molecule has 0 bridgehead atoms. The van der Waals surface area contributed by atoms with Crippen molar-refractivity contribution in [1.29, 1.82) is 0 Å². The lowest BCUT2D eigenvalue weighted by Crippen LogP contribution is -2.12. The number of hydrogen-bond acceptors (Lipinski definition) is 8. The molecule has 4 heterocycles. The largest absolute Gasteiger partial charge is 0.493 e. The minimum atomic E-state index is -0.174. The summed E-state index contributed by atoms with van der Waals surface area (Å²) in [5.41, 5.74) is 3.10. The maximum atomic E-state index is 12.5. The lowest BCUT2D eigenvalue weighted by molar-refractivity contribution is -0.116. The van der Waals surface area contributed by atoms with Gasteiger partial charge in [-0.05, 0) is 35.7 Å². The molecular weight excluding hydrogens is 454 g/mol. The summed E-state index contributed by atoms with van der Waals surface area (Å²) in [6.07, 6.45) is 4.39. The van der Waals surface area contributed by atoms with Crippen LogP contribution in [0.1, 0.15) is 18.0 Å². The molecule has 1 N–H and O–H groups in total. The molecule has 0 spiro atoms. The highest BCUT2D eigenvalue weighted by molar-refractivity contribution is 7.08. The van der Waals surface area contributed by atoms with Gasteiger partial charge in [-0.25, -0.2) is 4.98 Å². The van der Waals surface area contributed by atoms with Crippen LogP contribution in [0.3, 0.4) is 0 Å². The van der Waals surface area contributed by atoms with Gasteiger partial charge >= 0.3 is 0 Å². The smallest absolute Gasteiger partial charge is 0.248 e. The Balaban J connectivity index is 1.19. The predicted octanol–water partition coefficient (Wildman–Crippen LogP) is 4.60. The van der Waals surface area contributed by atoms with E-state index >= 15 is 0 Å². The number of aromatic nitrogens is 4. The van der Waals surface area contributed by atoms with Crippen molar-refractivity contribution in [3.05, 3.63) is 77.2 Å². The number of ether oxygens (including phenoxy) is 2. The molecule has 10 heteroatoms. The fraction of sp³-hybridized carbons (Fsp3) is 0.167. The van der Waals surface area contributed by atoms with Crippen LogP contribution in [0.25, 0.3) is 17.1 Å². The summed E-state index contributed by atoms with van der Waals surface area (Å²) in [6, 6.07) is 13.0. The molecule has 0 aliphatic carbocycles. The SMILES string of the molecule is COc1ccc(NC(=O)CCc2nnc(-c3ccsc3)o2)cc1OCc1cn2ccccc2n1. The third-order valence-electron chi connectivity index (χ3n) is 5.04. The second-order valence-corrected chi connectivity index (χ2v) is 8.19. The first-order chi connectivity index (χ1) is 16.7. The topological polar surface area (TPSA) is 104 Å². The van der Waals surface area contributed by atoms with E-state index in [4.69, 9.17) is 13.9 Å². The van der Waals surface area contributed by atoms with Crippen LogP contribution in [0, 0.1) is 0 Å². The number of methoxy groups -OCH3 is 1. The minimum absolute atomic E-state index is 0.174. The van der Waals surface area contributed by atoms with Crippen molar-refractivity contribution in [2.45, 2.75) is 19.4 Å². The molecule has 0 unspecified atom stereocenters. The van der Waals surface area contributed by atoms with Crippen molar-refractivity contribution in [2.24, 2.45) is 0 Å². The molecular formula is C24H21N5O4S. The van der Waals surface area contributed by atoms with Crippen molar-refractivity contribution < 1.29 is 18.7 Å². The number of rotatable bonds is 9. The van der Waals surface area contributed by atoms with E-state index in [9.17, 15) is 4.79 Å². The zero-order valence-electron chi connectivity index (χ0n) is 18.3. The normalized spacial score (nSPS) is 11.0. The molecule has 34 heavy (non-hydrogen) atoms. The Hall–Kier alpha value is -4.18. The van der Waals surface area contributed by atoms with E-state index in [-0.39, 0.29) is 18.9 Å². The highest BCUT2D eigenvalue weighted by Gasteiger charge is 2.13. The lowest BCUT2D eigenvalue weighted by Gasteiger charge is -2.12.